The second kappa shape index (κ2) is 5.41. The van der Waals surface area contributed by atoms with Gasteiger partial charge in [0.05, 0.1) is 6.54 Å². The Balaban J connectivity index is 2.09. The Morgan fingerprint density at radius 3 is 2.80 bits per heavy atom. The van der Waals surface area contributed by atoms with Gasteiger partial charge in [-0.3, -0.25) is 0 Å². The Morgan fingerprint density at radius 1 is 1.15 bits per heavy atom. The zero-order chi connectivity index (χ0) is 13.9. The standard InChI is InChI=1S/C16H16FN3/c1-2-6-15-19-14-9-5-10-18-16(14)20(15)11-12-7-3-4-8-13(12)17/h3-5,7-10H,2,6,11H2,1H3. The topological polar surface area (TPSA) is 30.7 Å². The first-order chi connectivity index (χ1) is 9.79. The highest BCUT2D eigenvalue weighted by molar-refractivity contribution is 5.71. The van der Waals surface area contributed by atoms with Crippen LogP contribution in [0, 0.1) is 5.82 Å². The van der Waals surface area contributed by atoms with E-state index in [1.54, 1.807) is 18.3 Å². The Bertz CT molecular complexity index is 733. The van der Waals surface area contributed by atoms with Crippen LogP contribution in [0.1, 0.15) is 24.7 Å². The van der Waals surface area contributed by atoms with Crippen molar-refractivity contribution in [1.29, 1.82) is 0 Å². The van der Waals surface area contributed by atoms with Crippen molar-refractivity contribution in [2.24, 2.45) is 0 Å². The molecule has 0 radical (unpaired) electrons. The monoisotopic (exact) mass is 269 g/mol. The van der Waals surface area contributed by atoms with Crippen LogP contribution in [0.4, 0.5) is 4.39 Å². The fraction of sp³-hybridized carbons (Fsp3) is 0.250. The number of rotatable bonds is 4. The predicted octanol–water partition coefficient (Wildman–Crippen LogP) is 3.57. The lowest BCUT2D eigenvalue weighted by molar-refractivity contribution is 0.595. The molecule has 3 nitrogen and oxygen atoms in total. The third kappa shape index (κ3) is 2.29. The molecule has 3 rings (SSSR count). The number of hydrogen-bond acceptors (Lipinski definition) is 2. The number of aromatic nitrogens is 3. The van der Waals surface area contributed by atoms with Crippen molar-refractivity contribution in [2.75, 3.05) is 0 Å². The molecule has 0 aliphatic rings. The van der Waals surface area contributed by atoms with Crippen molar-refractivity contribution in [2.45, 2.75) is 26.3 Å². The van der Waals surface area contributed by atoms with Crippen molar-refractivity contribution in [3.63, 3.8) is 0 Å². The SMILES string of the molecule is CCCc1nc2cccnc2n1Cc1ccccc1F. The van der Waals surface area contributed by atoms with Crippen LogP contribution in [0.5, 0.6) is 0 Å². The molecule has 0 bridgehead atoms. The highest BCUT2D eigenvalue weighted by Gasteiger charge is 2.12. The van der Waals surface area contributed by atoms with Gasteiger partial charge in [-0.05, 0) is 24.6 Å². The van der Waals surface area contributed by atoms with E-state index >= 15 is 0 Å². The van der Waals surface area contributed by atoms with Crippen molar-refractivity contribution >= 4 is 11.2 Å². The number of hydrogen-bond donors (Lipinski definition) is 0. The number of pyridine rings is 1. The van der Waals surface area contributed by atoms with Gasteiger partial charge < -0.3 is 4.57 Å². The summed E-state index contributed by atoms with van der Waals surface area (Å²) in [6.45, 7) is 2.58. The van der Waals surface area contributed by atoms with E-state index in [4.69, 9.17) is 0 Å². The number of fused-ring (bicyclic) bond motifs is 1. The van der Waals surface area contributed by atoms with Gasteiger partial charge >= 0.3 is 0 Å². The van der Waals surface area contributed by atoms with Gasteiger partial charge in [-0.2, -0.15) is 0 Å². The second-order valence-electron chi connectivity index (χ2n) is 4.80. The largest absolute Gasteiger partial charge is 0.308 e. The van der Waals surface area contributed by atoms with Crippen LogP contribution in [0.25, 0.3) is 11.2 Å². The first-order valence-corrected chi connectivity index (χ1v) is 6.83. The highest BCUT2D eigenvalue weighted by atomic mass is 19.1. The molecule has 0 unspecified atom stereocenters. The first kappa shape index (κ1) is 12.8. The van der Waals surface area contributed by atoms with Gasteiger partial charge in [-0.25, -0.2) is 14.4 Å². The molecule has 0 aliphatic heterocycles. The van der Waals surface area contributed by atoms with Crippen LogP contribution < -0.4 is 0 Å². The summed E-state index contributed by atoms with van der Waals surface area (Å²) in [6.07, 6.45) is 3.61. The molecule has 0 spiro atoms. The van der Waals surface area contributed by atoms with E-state index in [0.717, 1.165) is 29.8 Å². The molecule has 102 valence electrons. The third-order valence-electron chi connectivity index (χ3n) is 3.34. The van der Waals surface area contributed by atoms with Crippen LogP contribution in [0.15, 0.2) is 42.6 Å². The lowest BCUT2D eigenvalue weighted by atomic mass is 10.2. The smallest absolute Gasteiger partial charge is 0.160 e. The van der Waals surface area contributed by atoms with E-state index in [1.807, 2.05) is 22.8 Å². The maximum Gasteiger partial charge on any atom is 0.160 e. The molecule has 0 saturated carbocycles. The Hall–Kier alpha value is -2.23. The number of nitrogens with zero attached hydrogens (tertiary/aromatic N) is 3. The predicted molar refractivity (Wildman–Crippen MR) is 77.0 cm³/mol. The molecule has 0 N–H and O–H groups in total. The van der Waals surface area contributed by atoms with Crippen LogP contribution in [-0.4, -0.2) is 14.5 Å². The van der Waals surface area contributed by atoms with E-state index < -0.39 is 0 Å². The summed E-state index contributed by atoms with van der Waals surface area (Å²) in [4.78, 5) is 8.99. The lowest BCUT2D eigenvalue weighted by Crippen LogP contribution is -2.07. The summed E-state index contributed by atoms with van der Waals surface area (Å²) in [7, 11) is 0. The van der Waals surface area contributed by atoms with E-state index in [1.165, 1.54) is 6.07 Å². The van der Waals surface area contributed by atoms with Gasteiger partial charge in [0.15, 0.2) is 5.65 Å². The summed E-state index contributed by atoms with van der Waals surface area (Å²) in [5.41, 5.74) is 2.35. The highest BCUT2D eigenvalue weighted by Crippen LogP contribution is 2.18. The quantitative estimate of drug-likeness (QED) is 0.725. The average Bonchev–Trinajstić information content (AvgIpc) is 2.80. The fourth-order valence-electron chi connectivity index (χ4n) is 2.38. The molecular formula is C16H16FN3. The van der Waals surface area contributed by atoms with Gasteiger partial charge in [0.1, 0.15) is 17.2 Å². The number of halogens is 1. The molecule has 0 amide bonds. The summed E-state index contributed by atoms with van der Waals surface area (Å²) < 4.78 is 15.9. The summed E-state index contributed by atoms with van der Waals surface area (Å²) >= 11 is 0. The van der Waals surface area contributed by atoms with Crippen LogP contribution in [0.2, 0.25) is 0 Å². The van der Waals surface area contributed by atoms with Crippen molar-refractivity contribution in [3.05, 3.63) is 59.8 Å². The molecule has 2 heterocycles. The minimum atomic E-state index is -0.187. The summed E-state index contributed by atoms with van der Waals surface area (Å²) in [5.74, 6) is 0.775. The molecule has 0 fully saturated rings. The zero-order valence-electron chi connectivity index (χ0n) is 11.4. The van der Waals surface area contributed by atoms with Crippen molar-refractivity contribution in [3.8, 4) is 0 Å². The molecule has 3 aromatic rings. The van der Waals surface area contributed by atoms with Crippen molar-refractivity contribution < 1.29 is 4.39 Å². The van der Waals surface area contributed by atoms with Crippen LogP contribution >= 0.6 is 0 Å². The molecule has 4 heteroatoms. The van der Waals surface area contributed by atoms with Crippen molar-refractivity contribution in [1.82, 2.24) is 14.5 Å². The van der Waals surface area contributed by atoms with E-state index in [-0.39, 0.29) is 5.82 Å². The maximum absolute atomic E-state index is 13.8. The molecule has 0 saturated heterocycles. The Morgan fingerprint density at radius 2 is 2.00 bits per heavy atom. The zero-order valence-corrected chi connectivity index (χ0v) is 11.4. The van der Waals surface area contributed by atoms with E-state index in [2.05, 4.69) is 16.9 Å². The number of benzene rings is 1. The minimum Gasteiger partial charge on any atom is -0.308 e. The molecule has 1 aromatic carbocycles. The van der Waals surface area contributed by atoms with E-state index in [0.29, 0.717) is 12.1 Å². The maximum atomic E-state index is 13.8. The molecule has 20 heavy (non-hydrogen) atoms. The number of aryl methyl sites for hydroxylation is 1. The van der Waals surface area contributed by atoms with Gasteiger partial charge in [0.2, 0.25) is 0 Å². The van der Waals surface area contributed by atoms with E-state index in [9.17, 15) is 4.39 Å². The number of imidazole rings is 1. The average molecular weight is 269 g/mol. The summed E-state index contributed by atoms with van der Waals surface area (Å²) in [6, 6.07) is 10.7. The molecule has 2 aromatic heterocycles. The van der Waals surface area contributed by atoms with Gasteiger partial charge in [-0.1, -0.05) is 25.1 Å². The molecule has 0 atom stereocenters. The van der Waals surface area contributed by atoms with Gasteiger partial charge in [0.25, 0.3) is 0 Å². The third-order valence-corrected chi connectivity index (χ3v) is 3.34. The van der Waals surface area contributed by atoms with Crippen LogP contribution in [0.3, 0.4) is 0 Å². The fourth-order valence-corrected chi connectivity index (χ4v) is 2.38. The Labute approximate surface area is 117 Å². The normalized spacial score (nSPS) is 11.1. The molecule has 0 aliphatic carbocycles. The lowest BCUT2D eigenvalue weighted by Gasteiger charge is -2.09. The second-order valence-corrected chi connectivity index (χ2v) is 4.80. The Kier molecular flexibility index (Phi) is 3.46. The first-order valence-electron chi connectivity index (χ1n) is 6.83. The van der Waals surface area contributed by atoms with Gasteiger partial charge in [-0.15, -0.1) is 0 Å². The van der Waals surface area contributed by atoms with Gasteiger partial charge in [0, 0.05) is 18.2 Å². The van der Waals surface area contributed by atoms with Crippen LogP contribution in [-0.2, 0) is 13.0 Å². The summed E-state index contributed by atoms with van der Waals surface area (Å²) in [5, 5.41) is 0. The minimum absolute atomic E-state index is 0.187. The molecular weight excluding hydrogens is 253 g/mol.